The molecular weight excluding hydrogens is 316 g/mol. The topological polar surface area (TPSA) is 67.9 Å². The van der Waals surface area contributed by atoms with Crippen molar-refractivity contribution in [1.82, 2.24) is 10.2 Å². The first-order valence-electron chi connectivity index (χ1n) is 7.69. The van der Waals surface area contributed by atoms with Crippen LogP contribution in [-0.4, -0.2) is 60.2 Å². The van der Waals surface area contributed by atoms with Crippen LogP contribution in [0.4, 0.5) is 4.79 Å². The molecule has 2 aliphatic rings. The van der Waals surface area contributed by atoms with E-state index in [1.54, 1.807) is 11.8 Å². The lowest BCUT2D eigenvalue weighted by Gasteiger charge is -2.19. The predicted octanol–water partition coefficient (Wildman–Crippen LogP) is 1.51. The summed E-state index contributed by atoms with van der Waals surface area (Å²) in [5.74, 6) is 2.26. The molecule has 0 aromatic heterocycles. The Morgan fingerprint density at radius 3 is 2.74 bits per heavy atom. The molecule has 1 N–H and O–H groups in total. The maximum Gasteiger partial charge on any atom is 0.325 e. The molecule has 1 aromatic carbocycles. The maximum absolute atomic E-state index is 12.4. The fraction of sp³-hybridized carbons (Fsp3) is 0.500. The first kappa shape index (κ1) is 16.1. The molecule has 3 rings (SSSR count). The minimum Gasteiger partial charge on any atom is -0.491 e. The Morgan fingerprint density at radius 1 is 1.17 bits per heavy atom. The van der Waals surface area contributed by atoms with Crippen LogP contribution in [0.5, 0.6) is 5.75 Å². The van der Waals surface area contributed by atoms with Gasteiger partial charge in [-0.1, -0.05) is 18.2 Å². The molecule has 2 fully saturated rings. The lowest BCUT2D eigenvalue weighted by molar-refractivity contribution is -0.131. The third-order valence-corrected chi connectivity index (χ3v) is 5.16. The van der Waals surface area contributed by atoms with E-state index in [4.69, 9.17) is 9.47 Å². The van der Waals surface area contributed by atoms with E-state index in [1.165, 1.54) is 4.90 Å². The molecule has 0 unspecified atom stereocenters. The Kier molecular flexibility index (Phi) is 5.07. The highest BCUT2D eigenvalue weighted by molar-refractivity contribution is 7.99. The van der Waals surface area contributed by atoms with Crippen LogP contribution in [0.1, 0.15) is 6.42 Å². The largest absolute Gasteiger partial charge is 0.491 e. The zero-order valence-corrected chi connectivity index (χ0v) is 13.6. The van der Waals surface area contributed by atoms with E-state index in [1.807, 2.05) is 30.3 Å². The summed E-state index contributed by atoms with van der Waals surface area (Å²) in [5.41, 5.74) is -0.668. The van der Waals surface area contributed by atoms with E-state index >= 15 is 0 Å². The van der Waals surface area contributed by atoms with Crippen LogP contribution in [0, 0.1) is 0 Å². The van der Waals surface area contributed by atoms with Gasteiger partial charge in [-0.15, -0.1) is 0 Å². The van der Waals surface area contributed by atoms with Crippen molar-refractivity contribution in [3.63, 3.8) is 0 Å². The van der Waals surface area contributed by atoms with E-state index in [-0.39, 0.29) is 18.5 Å². The highest BCUT2D eigenvalue weighted by Crippen LogP contribution is 2.33. The SMILES string of the molecule is O=C1N[C@@]2(CCSC2)C(=O)N1CCOCCOc1ccccc1. The fourth-order valence-corrected chi connectivity index (χ4v) is 4.03. The Hall–Kier alpha value is -1.73. The van der Waals surface area contributed by atoms with Crippen molar-refractivity contribution in [2.24, 2.45) is 0 Å². The van der Waals surface area contributed by atoms with Crippen molar-refractivity contribution in [3.05, 3.63) is 30.3 Å². The summed E-state index contributed by atoms with van der Waals surface area (Å²) < 4.78 is 11.0. The number of ether oxygens (including phenoxy) is 2. The maximum atomic E-state index is 12.4. The molecule has 124 valence electrons. The smallest absolute Gasteiger partial charge is 0.325 e. The lowest BCUT2D eigenvalue weighted by atomic mass is 9.99. The van der Waals surface area contributed by atoms with E-state index in [0.29, 0.717) is 32.0 Å². The molecule has 0 bridgehead atoms. The number of nitrogens with one attached hydrogen (secondary N) is 1. The van der Waals surface area contributed by atoms with Crippen LogP contribution in [0.2, 0.25) is 0 Å². The number of carbonyl (C=O) groups is 2. The number of thioether (sulfide) groups is 1. The molecule has 2 heterocycles. The van der Waals surface area contributed by atoms with Crippen molar-refractivity contribution >= 4 is 23.7 Å². The quantitative estimate of drug-likeness (QED) is 0.604. The summed E-state index contributed by atoms with van der Waals surface area (Å²) in [4.78, 5) is 25.6. The first-order chi connectivity index (χ1) is 11.2. The molecule has 0 radical (unpaired) electrons. The van der Waals surface area contributed by atoms with E-state index < -0.39 is 5.54 Å². The van der Waals surface area contributed by atoms with E-state index in [0.717, 1.165) is 11.5 Å². The number of hydrogen-bond donors (Lipinski definition) is 1. The van der Waals surface area contributed by atoms with Gasteiger partial charge in [0.05, 0.1) is 19.8 Å². The van der Waals surface area contributed by atoms with Gasteiger partial charge in [0.15, 0.2) is 0 Å². The third kappa shape index (κ3) is 3.61. The van der Waals surface area contributed by atoms with Crippen LogP contribution >= 0.6 is 11.8 Å². The van der Waals surface area contributed by atoms with E-state index in [2.05, 4.69) is 5.32 Å². The van der Waals surface area contributed by atoms with Crippen molar-refractivity contribution in [3.8, 4) is 5.75 Å². The van der Waals surface area contributed by atoms with Gasteiger partial charge >= 0.3 is 6.03 Å². The average molecular weight is 336 g/mol. The lowest BCUT2D eigenvalue weighted by Crippen LogP contribution is -2.47. The zero-order chi connectivity index (χ0) is 16.1. The molecule has 6 nitrogen and oxygen atoms in total. The number of hydrogen-bond acceptors (Lipinski definition) is 5. The number of para-hydroxylation sites is 1. The summed E-state index contributed by atoms with van der Waals surface area (Å²) in [6.07, 6.45) is 0.713. The molecule has 23 heavy (non-hydrogen) atoms. The molecule has 7 heteroatoms. The monoisotopic (exact) mass is 336 g/mol. The van der Waals surface area contributed by atoms with Gasteiger partial charge in [-0.05, 0) is 24.3 Å². The molecule has 3 amide bonds. The van der Waals surface area contributed by atoms with Crippen molar-refractivity contribution in [2.75, 3.05) is 37.9 Å². The number of rotatable bonds is 7. The molecule has 2 saturated heterocycles. The second-order valence-electron chi connectivity index (χ2n) is 5.55. The summed E-state index contributed by atoms with van der Waals surface area (Å²) >= 11 is 1.70. The predicted molar refractivity (Wildman–Crippen MR) is 87.7 cm³/mol. The molecule has 1 aromatic rings. The molecule has 2 aliphatic heterocycles. The summed E-state index contributed by atoms with van der Waals surface area (Å²) in [6, 6.07) is 9.20. The van der Waals surface area contributed by atoms with Crippen LogP contribution < -0.4 is 10.1 Å². The van der Waals surface area contributed by atoms with Crippen molar-refractivity contribution in [2.45, 2.75) is 12.0 Å². The molecule has 0 saturated carbocycles. The zero-order valence-electron chi connectivity index (χ0n) is 12.8. The Bertz CT molecular complexity index is 560. The molecule has 1 atom stereocenters. The highest BCUT2D eigenvalue weighted by atomic mass is 32.2. The van der Waals surface area contributed by atoms with Gasteiger partial charge in [-0.25, -0.2) is 4.79 Å². The number of carbonyl (C=O) groups excluding carboxylic acids is 2. The average Bonchev–Trinajstić information content (AvgIpc) is 3.12. The third-order valence-electron chi connectivity index (χ3n) is 3.97. The molecular formula is C16H20N2O4S. The summed E-state index contributed by atoms with van der Waals surface area (Å²) in [6.45, 7) is 1.45. The Morgan fingerprint density at radius 2 is 2.00 bits per heavy atom. The van der Waals surface area contributed by atoms with Gasteiger partial charge in [0, 0.05) is 5.75 Å². The summed E-state index contributed by atoms with van der Waals surface area (Å²) in [7, 11) is 0. The fourth-order valence-electron chi connectivity index (χ4n) is 2.70. The number of imide groups is 1. The van der Waals surface area contributed by atoms with Crippen LogP contribution in [-0.2, 0) is 9.53 Å². The van der Waals surface area contributed by atoms with Gasteiger partial charge in [0.25, 0.3) is 5.91 Å². The first-order valence-corrected chi connectivity index (χ1v) is 8.84. The van der Waals surface area contributed by atoms with E-state index in [9.17, 15) is 9.59 Å². The van der Waals surface area contributed by atoms with Gasteiger partial charge in [0.1, 0.15) is 17.9 Å². The minimum atomic E-state index is -0.668. The van der Waals surface area contributed by atoms with Crippen LogP contribution in [0.3, 0.4) is 0 Å². The highest BCUT2D eigenvalue weighted by Gasteiger charge is 2.52. The second-order valence-corrected chi connectivity index (χ2v) is 6.65. The van der Waals surface area contributed by atoms with Crippen LogP contribution in [0.25, 0.3) is 0 Å². The number of nitrogens with zero attached hydrogens (tertiary/aromatic N) is 1. The van der Waals surface area contributed by atoms with Crippen molar-refractivity contribution in [1.29, 1.82) is 0 Å². The normalized spacial score (nSPS) is 23.6. The van der Waals surface area contributed by atoms with Crippen LogP contribution in [0.15, 0.2) is 30.3 Å². The number of amides is 3. The number of urea groups is 1. The standard InChI is InChI=1S/C16H20N2O4S/c19-14-16(6-11-23-12-16)17-15(20)18(14)7-8-21-9-10-22-13-4-2-1-3-5-13/h1-5H,6-12H2,(H,17,20)/t16-/m1/s1. The summed E-state index contributed by atoms with van der Waals surface area (Å²) in [5, 5.41) is 2.84. The second kappa shape index (κ2) is 7.23. The molecule has 0 aliphatic carbocycles. The Balaban J connectivity index is 1.36. The van der Waals surface area contributed by atoms with Gasteiger partial charge in [0.2, 0.25) is 0 Å². The number of benzene rings is 1. The van der Waals surface area contributed by atoms with Crippen molar-refractivity contribution < 1.29 is 19.1 Å². The van der Waals surface area contributed by atoms with Gasteiger partial charge in [-0.2, -0.15) is 11.8 Å². The van der Waals surface area contributed by atoms with Gasteiger partial charge < -0.3 is 14.8 Å². The Labute approximate surface area is 139 Å². The van der Waals surface area contributed by atoms with Gasteiger partial charge in [-0.3, -0.25) is 9.69 Å². The molecule has 1 spiro atoms. The minimum absolute atomic E-state index is 0.114.